The van der Waals surface area contributed by atoms with E-state index in [1.807, 2.05) is 0 Å². The van der Waals surface area contributed by atoms with E-state index in [1.54, 1.807) is 16.2 Å². The fourth-order valence-corrected chi connectivity index (χ4v) is 9.86. The summed E-state index contributed by atoms with van der Waals surface area (Å²) in [7, 11) is 3.89. The maximum Gasteiger partial charge on any atom is 0.330 e. The Hall–Kier alpha value is -3.73. The lowest BCUT2D eigenvalue weighted by atomic mass is 9.62. The minimum atomic E-state index is -0.427. The second-order valence-corrected chi connectivity index (χ2v) is 14.6. The highest BCUT2D eigenvalue weighted by atomic mass is 32.1. The minimum absolute atomic E-state index is 0.0417. The van der Waals surface area contributed by atoms with E-state index >= 15 is 0 Å². The van der Waals surface area contributed by atoms with Crippen molar-refractivity contribution < 1.29 is 14.0 Å². The van der Waals surface area contributed by atoms with Gasteiger partial charge in [0.15, 0.2) is 11.2 Å². The first-order valence-corrected chi connectivity index (χ1v) is 17.4. The van der Waals surface area contributed by atoms with Crippen molar-refractivity contribution in [2.45, 2.75) is 94.7 Å². The van der Waals surface area contributed by atoms with Gasteiger partial charge in [-0.3, -0.25) is 14.0 Å². The van der Waals surface area contributed by atoms with Gasteiger partial charge in [0.25, 0.3) is 0 Å². The van der Waals surface area contributed by atoms with Crippen molar-refractivity contribution in [1.82, 2.24) is 29.2 Å². The molecule has 46 heavy (non-hydrogen) atoms. The van der Waals surface area contributed by atoms with Crippen molar-refractivity contribution in [2.75, 3.05) is 32.5 Å². The smallest absolute Gasteiger partial charge is 0.330 e. The molecule has 8 rings (SSSR count). The summed E-state index contributed by atoms with van der Waals surface area (Å²) in [6.45, 7) is 4.29. The Morgan fingerprint density at radius 1 is 1.13 bits per heavy atom. The van der Waals surface area contributed by atoms with Gasteiger partial charge in [-0.2, -0.15) is 10.2 Å². The van der Waals surface area contributed by atoms with Crippen LogP contribution in [0.1, 0.15) is 91.6 Å². The molecule has 0 unspecified atom stereocenters. The summed E-state index contributed by atoms with van der Waals surface area (Å²) in [6.07, 6.45) is 8.81. The molecule has 2 fully saturated rings. The number of aryl methyl sites for hydroxylation is 2. The third-order valence-corrected chi connectivity index (χ3v) is 12.0. The highest BCUT2D eigenvalue weighted by molar-refractivity contribution is 7.16. The summed E-state index contributed by atoms with van der Waals surface area (Å²) in [5.41, 5.74) is 10.4. The van der Waals surface area contributed by atoms with Gasteiger partial charge in [0, 0.05) is 48.2 Å². The van der Waals surface area contributed by atoms with Crippen molar-refractivity contribution >= 4 is 27.5 Å². The number of aromatic nitrogens is 5. The van der Waals surface area contributed by atoms with Gasteiger partial charge < -0.3 is 19.7 Å². The van der Waals surface area contributed by atoms with Gasteiger partial charge in [-0.05, 0) is 90.3 Å². The number of anilines is 1. The lowest BCUT2D eigenvalue weighted by Gasteiger charge is -2.39. The zero-order chi connectivity index (χ0) is 31.7. The molecule has 2 N–H and O–H groups in total. The van der Waals surface area contributed by atoms with E-state index in [-0.39, 0.29) is 23.9 Å². The summed E-state index contributed by atoms with van der Waals surface area (Å²) in [6, 6.07) is 2.60. The van der Waals surface area contributed by atoms with Crippen LogP contribution in [0.5, 0.6) is 5.88 Å². The van der Waals surface area contributed by atoms with Crippen LogP contribution >= 0.6 is 11.3 Å². The second-order valence-electron chi connectivity index (χ2n) is 13.5. The SMILES string of the molecule is C[C@H](Oc1nc(-c2onc3c2CCC[C@@]32CCCc3sc(N)c(C#N)c32)nc2c1n(C)c(=O)n2C1CCOCC1)[C@@H]1CCCN1C. The molecule has 0 bridgehead atoms. The molecule has 0 aromatic carbocycles. The number of nitrogens with zero attached hydrogens (tertiary/aromatic N) is 7. The van der Waals surface area contributed by atoms with Crippen LogP contribution < -0.4 is 16.2 Å². The highest BCUT2D eigenvalue weighted by Gasteiger charge is 2.48. The number of nitriles is 1. The van der Waals surface area contributed by atoms with Crippen molar-refractivity contribution in [1.29, 1.82) is 5.26 Å². The lowest BCUT2D eigenvalue weighted by Crippen LogP contribution is -2.38. The molecule has 0 radical (unpaired) electrons. The van der Waals surface area contributed by atoms with Crippen LogP contribution in [-0.2, 0) is 30.0 Å². The van der Waals surface area contributed by atoms with Crippen molar-refractivity contribution in [3.05, 3.63) is 37.7 Å². The summed E-state index contributed by atoms with van der Waals surface area (Å²) in [5, 5.41) is 15.4. The topological polar surface area (TPSA) is 150 Å². The maximum absolute atomic E-state index is 13.8. The number of rotatable bonds is 5. The minimum Gasteiger partial charge on any atom is -0.471 e. The molecule has 4 aromatic heterocycles. The zero-order valence-corrected chi connectivity index (χ0v) is 27.5. The molecule has 0 amide bonds. The first-order chi connectivity index (χ1) is 22.3. The summed E-state index contributed by atoms with van der Waals surface area (Å²) >= 11 is 1.53. The van der Waals surface area contributed by atoms with Gasteiger partial charge >= 0.3 is 5.69 Å². The van der Waals surface area contributed by atoms with Gasteiger partial charge in [-0.25, -0.2) is 9.78 Å². The van der Waals surface area contributed by atoms with Gasteiger partial charge in [-0.1, -0.05) is 5.16 Å². The van der Waals surface area contributed by atoms with Crippen LogP contribution in [0.3, 0.4) is 0 Å². The molecule has 4 aromatic rings. The molecule has 12 nitrogen and oxygen atoms in total. The molecule has 0 saturated carbocycles. The number of nitrogens with two attached hydrogens (primary N) is 1. The van der Waals surface area contributed by atoms with E-state index in [4.69, 9.17) is 34.9 Å². The first-order valence-electron chi connectivity index (χ1n) is 16.6. The maximum atomic E-state index is 13.8. The summed E-state index contributed by atoms with van der Waals surface area (Å²) in [4.78, 5) is 27.4. The Balaban J connectivity index is 1.30. The van der Waals surface area contributed by atoms with Crippen LogP contribution in [0.2, 0.25) is 0 Å². The fourth-order valence-electron chi connectivity index (χ4n) is 8.70. The number of ether oxygens (including phenoxy) is 2. The van der Waals surface area contributed by atoms with Crippen molar-refractivity contribution in [2.24, 2.45) is 7.05 Å². The number of thiophene rings is 1. The number of hydrogen-bond donors (Lipinski definition) is 1. The van der Waals surface area contributed by atoms with Crippen molar-refractivity contribution in [3.8, 4) is 23.5 Å². The molecule has 2 saturated heterocycles. The quantitative estimate of drug-likeness (QED) is 0.330. The molecule has 6 heterocycles. The predicted molar refractivity (Wildman–Crippen MR) is 173 cm³/mol. The molecular weight excluding hydrogens is 604 g/mol. The first kappa shape index (κ1) is 29.7. The van der Waals surface area contributed by atoms with Crippen molar-refractivity contribution in [3.63, 3.8) is 0 Å². The molecule has 13 heteroatoms. The van der Waals surface area contributed by atoms with E-state index in [1.165, 1.54) is 16.2 Å². The zero-order valence-electron chi connectivity index (χ0n) is 26.7. The monoisotopic (exact) mass is 644 g/mol. The standard InChI is InChI=1S/C33H40N8O4S/c1-18(22-8-6-14-39(22)2)44-31-25-30(41(32(42)40(25)3)19-10-15-43-16-11-19)36-29(37-31)26-20-7-4-12-33(27(20)38-45-26)13-5-9-23-24(33)21(17-34)28(35)46-23/h18-19,22H,4-16,35H2,1-3H3/t18-,22-,33-/m0/s1. The Labute approximate surface area is 271 Å². The third kappa shape index (κ3) is 4.37. The van der Waals surface area contributed by atoms with Crippen LogP contribution in [0, 0.1) is 11.3 Å². The third-order valence-electron chi connectivity index (χ3n) is 10.9. The highest BCUT2D eigenvalue weighted by Crippen LogP contribution is 2.54. The molecule has 242 valence electrons. The molecule has 4 aliphatic rings. The second kappa shape index (κ2) is 11.2. The van der Waals surface area contributed by atoms with Crippen LogP contribution in [0.4, 0.5) is 5.00 Å². The number of fused-ring (bicyclic) bond motifs is 5. The molecule has 1 spiro atoms. The van der Waals surface area contributed by atoms with Crippen LogP contribution in [0.25, 0.3) is 22.7 Å². The van der Waals surface area contributed by atoms with E-state index in [9.17, 15) is 10.1 Å². The molecule has 2 aliphatic carbocycles. The lowest BCUT2D eigenvalue weighted by molar-refractivity contribution is 0.0695. The summed E-state index contributed by atoms with van der Waals surface area (Å²) in [5.74, 6) is 1.26. The normalized spacial score (nSPS) is 24.3. The van der Waals surface area contributed by atoms with Gasteiger partial charge in [0.05, 0.1) is 11.3 Å². The van der Waals surface area contributed by atoms with E-state index in [0.29, 0.717) is 52.4 Å². The largest absolute Gasteiger partial charge is 0.471 e. The number of imidazole rings is 1. The molecule has 2 aliphatic heterocycles. The van der Waals surface area contributed by atoms with Crippen LogP contribution in [0.15, 0.2) is 9.32 Å². The Kier molecular flexibility index (Phi) is 7.23. The number of hydrogen-bond acceptors (Lipinski definition) is 11. The predicted octanol–water partition coefficient (Wildman–Crippen LogP) is 4.47. The van der Waals surface area contributed by atoms with E-state index < -0.39 is 5.41 Å². The van der Waals surface area contributed by atoms with Crippen LogP contribution in [-0.4, -0.2) is 68.1 Å². The van der Waals surface area contributed by atoms with Gasteiger partial charge in [0.1, 0.15) is 17.2 Å². The Bertz CT molecular complexity index is 1920. The number of likely N-dealkylation sites (N-methyl/N-ethyl adjacent to an activating group) is 1. The van der Waals surface area contributed by atoms with E-state index in [0.717, 1.165) is 87.6 Å². The Morgan fingerprint density at radius 2 is 1.91 bits per heavy atom. The average Bonchev–Trinajstić information content (AvgIpc) is 3.82. The number of nitrogen functional groups attached to an aromatic ring is 1. The van der Waals surface area contributed by atoms with E-state index in [2.05, 4.69) is 24.9 Å². The van der Waals surface area contributed by atoms with Gasteiger partial charge in [0.2, 0.25) is 17.5 Å². The average molecular weight is 645 g/mol. The summed E-state index contributed by atoms with van der Waals surface area (Å²) < 4.78 is 21.9. The Morgan fingerprint density at radius 3 is 2.65 bits per heavy atom. The fraction of sp³-hybridized carbons (Fsp3) is 0.606. The molecular formula is C33H40N8O4S. The van der Waals surface area contributed by atoms with Gasteiger partial charge in [-0.15, -0.1) is 11.3 Å². The number of likely N-dealkylation sites (tertiary alicyclic amines) is 1. The molecule has 3 atom stereocenters.